The minimum absolute atomic E-state index is 0.0252. The normalized spacial score (nSPS) is 10.5. The number of anilines is 1. The topological polar surface area (TPSA) is 59.8 Å². The van der Waals surface area contributed by atoms with E-state index in [1.807, 2.05) is 0 Å². The van der Waals surface area contributed by atoms with Gasteiger partial charge in [-0.1, -0.05) is 23.7 Å². The minimum atomic E-state index is -0.385. The van der Waals surface area contributed by atoms with Gasteiger partial charge in [-0.2, -0.15) is 5.10 Å². The van der Waals surface area contributed by atoms with Crippen molar-refractivity contribution in [3.63, 3.8) is 0 Å². The molecule has 23 heavy (non-hydrogen) atoms. The van der Waals surface area contributed by atoms with Gasteiger partial charge < -0.3 is 5.32 Å². The minimum Gasteiger partial charge on any atom is -0.324 e. The second-order valence-electron chi connectivity index (χ2n) is 4.84. The maximum absolute atomic E-state index is 13.6. The van der Waals surface area contributed by atoms with Crippen LogP contribution < -0.4 is 5.32 Å². The van der Waals surface area contributed by atoms with E-state index < -0.39 is 0 Å². The Hall–Kier alpha value is -2.73. The fourth-order valence-electron chi connectivity index (χ4n) is 2.14. The first-order valence-corrected chi connectivity index (χ1v) is 7.17. The van der Waals surface area contributed by atoms with Gasteiger partial charge in [-0.3, -0.25) is 4.79 Å². The SMILES string of the molecule is O=C(Cn1cncn1)Nc1ccc(F)cc1-c1ccc(Cl)cc1. The molecule has 0 fully saturated rings. The van der Waals surface area contributed by atoms with Gasteiger partial charge in [0.25, 0.3) is 0 Å². The maximum atomic E-state index is 13.6. The fourth-order valence-corrected chi connectivity index (χ4v) is 2.27. The lowest BCUT2D eigenvalue weighted by Crippen LogP contribution is -2.19. The average Bonchev–Trinajstić information content (AvgIpc) is 3.03. The molecule has 1 N–H and O–H groups in total. The lowest BCUT2D eigenvalue weighted by molar-refractivity contribution is -0.116. The van der Waals surface area contributed by atoms with Gasteiger partial charge in [-0.05, 0) is 35.9 Å². The van der Waals surface area contributed by atoms with Crippen molar-refractivity contribution in [2.24, 2.45) is 0 Å². The third kappa shape index (κ3) is 3.73. The molecule has 1 heterocycles. The average molecular weight is 331 g/mol. The van der Waals surface area contributed by atoms with Crippen LogP contribution in [-0.4, -0.2) is 20.7 Å². The molecule has 0 bridgehead atoms. The summed E-state index contributed by atoms with van der Waals surface area (Å²) in [7, 11) is 0. The predicted molar refractivity (Wildman–Crippen MR) is 85.5 cm³/mol. The van der Waals surface area contributed by atoms with Crippen LogP contribution >= 0.6 is 11.6 Å². The monoisotopic (exact) mass is 330 g/mol. The lowest BCUT2D eigenvalue weighted by Gasteiger charge is -2.12. The van der Waals surface area contributed by atoms with Crippen LogP contribution in [0.3, 0.4) is 0 Å². The third-order valence-corrected chi connectivity index (χ3v) is 3.44. The number of amides is 1. The van der Waals surface area contributed by atoms with E-state index in [2.05, 4.69) is 15.4 Å². The Labute approximate surface area is 136 Å². The summed E-state index contributed by atoms with van der Waals surface area (Å²) < 4.78 is 15.0. The van der Waals surface area contributed by atoms with Crippen molar-refractivity contribution in [2.45, 2.75) is 6.54 Å². The molecule has 5 nitrogen and oxygen atoms in total. The predicted octanol–water partition coefficient (Wildman–Crippen LogP) is 3.38. The molecule has 0 aliphatic carbocycles. The Morgan fingerprint density at radius 1 is 1.22 bits per heavy atom. The fraction of sp³-hybridized carbons (Fsp3) is 0.0625. The van der Waals surface area contributed by atoms with Gasteiger partial charge in [0.05, 0.1) is 0 Å². The van der Waals surface area contributed by atoms with Gasteiger partial charge >= 0.3 is 0 Å². The zero-order chi connectivity index (χ0) is 16.2. The van der Waals surface area contributed by atoms with Crippen LogP contribution in [0.15, 0.2) is 55.1 Å². The Morgan fingerprint density at radius 2 is 2.00 bits per heavy atom. The maximum Gasteiger partial charge on any atom is 0.246 e. The van der Waals surface area contributed by atoms with Crippen molar-refractivity contribution in [1.29, 1.82) is 0 Å². The number of carbonyl (C=O) groups excluding carboxylic acids is 1. The van der Waals surface area contributed by atoms with Gasteiger partial charge in [0.2, 0.25) is 5.91 Å². The molecule has 3 aromatic rings. The number of nitrogens with one attached hydrogen (secondary N) is 1. The molecular formula is C16H12ClFN4O. The van der Waals surface area contributed by atoms with Gasteiger partial charge in [-0.15, -0.1) is 0 Å². The van der Waals surface area contributed by atoms with Crippen LogP contribution in [0.5, 0.6) is 0 Å². The van der Waals surface area contributed by atoms with E-state index in [4.69, 9.17) is 11.6 Å². The molecule has 0 spiro atoms. The quantitative estimate of drug-likeness (QED) is 0.797. The van der Waals surface area contributed by atoms with Gasteiger partial charge in [0, 0.05) is 16.3 Å². The highest BCUT2D eigenvalue weighted by atomic mass is 35.5. The molecule has 116 valence electrons. The van der Waals surface area contributed by atoms with Crippen molar-refractivity contribution >= 4 is 23.2 Å². The summed E-state index contributed by atoms with van der Waals surface area (Å²) in [6.07, 6.45) is 2.80. The van der Waals surface area contributed by atoms with Crippen molar-refractivity contribution in [1.82, 2.24) is 14.8 Å². The molecule has 0 aliphatic rings. The number of nitrogens with zero attached hydrogens (tertiary/aromatic N) is 3. The second-order valence-corrected chi connectivity index (χ2v) is 5.27. The van der Waals surface area contributed by atoms with E-state index in [1.165, 1.54) is 35.5 Å². The number of hydrogen-bond donors (Lipinski definition) is 1. The van der Waals surface area contributed by atoms with E-state index in [9.17, 15) is 9.18 Å². The number of aromatic nitrogens is 3. The molecule has 7 heteroatoms. The molecule has 0 atom stereocenters. The molecule has 0 saturated heterocycles. The van der Waals surface area contributed by atoms with Crippen molar-refractivity contribution in [3.05, 3.63) is 66.0 Å². The van der Waals surface area contributed by atoms with Gasteiger partial charge in [-0.25, -0.2) is 14.1 Å². The summed E-state index contributed by atoms with van der Waals surface area (Å²) in [4.78, 5) is 15.9. The van der Waals surface area contributed by atoms with Crippen LogP contribution in [0.4, 0.5) is 10.1 Å². The van der Waals surface area contributed by atoms with E-state index in [-0.39, 0.29) is 18.3 Å². The van der Waals surface area contributed by atoms with E-state index >= 15 is 0 Å². The molecule has 1 amide bonds. The lowest BCUT2D eigenvalue weighted by atomic mass is 10.0. The first kappa shape index (κ1) is 15.2. The van der Waals surface area contributed by atoms with Crippen LogP contribution in [-0.2, 0) is 11.3 Å². The molecule has 1 aromatic heterocycles. The summed E-state index contributed by atoms with van der Waals surface area (Å²) >= 11 is 5.87. The van der Waals surface area contributed by atoms with E-state index in [1.54, 1.807) is 24.3 Å². The standard InChI is InChI=1S/C16H12ClFN4O/c17-12-3-1-11(2-4-12)14-7-13(18)5-6-15(14)21-16(23)8-22-10-19-9-20-22/h1-7,9-10H,8H2,(H,21,23). The van der Waals surface area contributed by atoms with Crippen molar-refractivity contribution in [2.75, 3.05) is 5.32 Å². The summed E-state index contributed by atoms with van der Waals surface area (Å²) in [5, 5.41) is 7.22. The first-order valence-electron chi connectivity index (χ1n) is 6.79. The summed E-state index contributed by atoms with van der Waals surface area (Å²) in [5.74, 6) is -0.665. The van der Waals surface area contributed by atoms with E-state index in [0.717, 1.165) is 5.56 Å². The molecule has 0 aliphatic heterocycles. The largest absolute Gasteiger partial charge is 0.324 e. The number of carbonyl (C=O) groups is 1. The highest BCUT2D eigenvalue weighted by Gasteiger charge is 2.11. The summed E-state index contributed by atoms with van der Waals surface area (Å²) in [6.45, 7) is 0.0252. The zero-order valence-electron chi connectivity index (χ0n) is 11.9. The number of halogens is 2. The Kier molecular flexibility index (Phi) is 4.34. The zero-order valence-corrected chi connectivity index (χ0v) is 12.7. The Bertz CT molecular complexity index is 819. The second kappa shape index (κ2) is 6.58. The first-order chi connectivity index (χ1) is 11.1. The summed E-state index contributed by atoms with van der Waals surface area (Å²) in [5.41, 5.74) is 1.84. The molecule has 3 rings (SSSR count). The number of benzene rings is 2. The smallest absolute Gasteiger partial charge is 0.246 e. The van der Waals surface area contributed by atoms with Crippen LogP contribution in [0.25, 0.3) is 11.1 Å². The van der Waals surface area contributed by atoms with Crippen LogP contribution in [0, 0.1) is 5.82 Å². The molecule has 0 saturated carbocycles. The molecule has 0 radical (unpaired) electrons. The number of rotatable bonds is 4. The molecule has 0 unspecified atom stereocenters. The highest BCUT2D eigenvalue weighted by molar-refractivity contribution is 6.30. The third-order valence-electron chi connectivity index (χ3n) is 3.18. The van der Waals surface area contributed by atoms with Crippen LogP contribution in [0.1, 0.15) is 0 Å². The number of hydrogen-bond acceptors (Lipinski definition) is 3. The highest BCUT2D eigenvalue weighted by Crippen LogP contribution is 2.29. The molecular weight excluding hydrogens is 319 g/mol. The van der Waals surface area contributed by atoms with E-state index in [0.29, 0.717) is 16.3 Å². The summed E-state index contributed by atoms with van der Waals surface area (Å²) in [6, 6.07) is 11.2. The van der Waals surface area contributed by atoms with Gasteiger partial charge in [0.15, 0.2) is 0 Å². The Morgan fingerprint density at radius 3 is 2.70 bits per heavy atom. The van der Waals surface area contributed by atoms with Gasteiger partial charge in [0.1, 0.15) is 25.0 Å². The molecule has 2 aromatic carbocycles. The van der Waals surface area contributed by atoms with Crippen molar-refractivity contribution < 1.29 is 9.18 Å². The Balaban J connectivity index is 1.87. The van der Waals surface area contributed by atoms with Crippen molar-refractivity contribution in [3.8, 4) is 11.1 Å². The van der Waals surface area contributed by atoms with Crippen LogP contribution in [0.2, 0.25) is 5.02 Å².